The fraction of sp³-hybridized carbons (Fsp3) is 0.688. The maximum Gasteiger partial charge on any atom is 0.384 e. The van der Waals surface area contributed by atoms with Crippen LogP contribution in [0.2, 0.25) is 0 Å². The molecule has 0 saturated carbocycles. The summed E-state index contributed by atoms with van der Waals surface area (Å²) >= 11 is 0. The van der Waals surface area contributed by atoms with Gasteiger partial charge in [-0.2, -0.15) is 0 Å². The van der Waals surface area contributed by atoms with Gasteiger partial charge in [0.1, 0.15) is 12.7 Å². The van der Waals surface area contributed by atoms with Crippen LogP contribution in [-0.4, -0.2) is 43.8 Å². The molecule has 1 N–H and O–H groups in total. The molecule has 0 amide bonds. The molecule has 2 atom stereocenters. The second-order valence-corrected chi connectivity index (χ2v) is 4.63. The van der Waals surface area contributed by atoms with Gasteiger partial charge in [0.15, 0.2) is 6.29 Å². The first-order valence-corrected chi connectivity index (χ1v) is 7.19. The largest absolute Gasteiger partial charge is 0.459 e. The van der Waals surface area contributed by atoms with Gasteiger partial charge in [-0.3, -0.25) is 0 Å². The highest BCUT2D eigenvalue weighted by molar-refractivity contribution is 5.88. The zero-order valence-electron chi connectivity index (χ0n) is 12.4. The van der Waals surface area contributed by atoms with E-state index in [4.69, 9.17) is 9.47 Å². The number of ether oxygens (including phenoxy) is 3. The summed E-state index contributed by atoms with van der Waals surface area (Å²) in [6, 6.07) is 0. The number of aliphatic hydroxyl groups is 1. The van der Waals surface area contributed by atoms with Crippen molar-refractivity contribution in [1.29, 1.82) is 0 Å². The first kappa shape index (κ1) is 17.5. The van der Waals surface area contributed by atoms with E-state index >= 15 is 0 Å². The number of aliphatic hydroxyl groups excluding tert-OH is 1. The normalized spacial score (nSPS) is 18.7. The van der Waals surface area contributed by atoms with E-state index in [1.807, 2.05) is 0 Å². The third-order valence-electron chi connectivity index (χ3n) is 2.90. The van der Waals surface area contributed by atoms with Crippen molar-refractivity contribution in [3.63, 3.8) is 0 Å². The van der Waals surface area contributed by atoms with Crippen LogP contribution in [-0.2, 0) is 19.0 Å². The predicted octanol–water partition coefficient (Wildman–Crippen LogP) is 1.24. The molecular weight excluding hydrogens is 272 g/mol. The summed E-state index contributed by atoms with van der Waals surface area (Å²) in [5.41, 5.74) is 0. The van der Waals surface area contributed by atoms with Gasteiger partial charge in [0.05, 0.1) is 7.11 Å². The van der Waals surface area contributed by atoms with E-state index in [-0.39, 0.29) is 12.9 Å². The highest BCUT2D eigenvalue weighted by Gasteiger charge is 2.12. The Labute approximate surface area is 126 Å². The predicted molar refractivity (Wildman–Crippen MR) is 77.0 cm³/mol. The van der Waals surface area contributed by atoms with Crippen LogP contribution in [0.15, 0.2) is 0 Å². The number of unbranched alkanes of at least 4 members (excludes halogenated alkanes) is 1. The molecular formula is C16H22O5. The van der Waals surface area contributed by atoms with Gasteiger partial charge in [-0.15, -0.1) is 0 Å². The lowest BCUT2D eigenvalue weighted by Crippen LogP contribution is -2.22. The topological polar surface area (TPSA) is 65.0 Å². The van der Waals surface area contributed by atoms with Crippen LogP contribution >= 0.6 is 0 Å². The van der Waals surface area contributed by atoms with Crippen molar-refractivity contribution >= 4 is 5.97 Å². The Hall–Kier alpha value is -1.53. The Morgan fingerprint density at radius 3 is 3.00 bits per heavy atom. The zero-order valence-corrected chi connectivity index (χ0v) is 12.4. The molecule has 0 aromatic heterocycles. The summed E-state index contributed by atoms with van der Waals surface area (Å²) in [4.78, 5) is 10.7. The van der Waals surface area contributed by atoms with Gasteiger partial charge in [-0.1, -0.05) is 17.8 Å². The third-order valence-corrected chi connectivity index (χ3v) is 2.90. The van der Waals surface area contributed by atoms with Crippen LogP contribution in [0, 0.1) is 23.7 Å². The fourth-order valence-corrected chi connectivity index (χ4v) is 1.78. The number of carbonyl (C=O) groups excluding carboxylic acids is 1. The van der Waals surface area contributed by atoms with Gasteiger partial charge >= 0.3 is 5.97 Å². The summed E-state index contributed by atoms with van der Waals surface area (Å²) in [5.74, 6) is 9.97. The molecule has 1 aliphatic rings. The Balaban J connectivity index is 2.07. The lowest BCUT2D eigenvalue weighted by molar-refractivity contribution is -0.154. The molecule has 1 saturated heterocycles. The molecule has 0 aromatic rings. The van der Waals surface area contributed by atoms with E-state index in [1.165, 1.54) is 7.11 Å². The van der Waals surface area contributed by atoms with Crippen LogP contribution in [0.1, 0.15) is 38.5 Å². The van der Waals surface area contributed by atoms with Crippen molar-refractivity contribution in [2.45, 2.75) is 50.9 Å². The molecule has 1 fully saturated rings. The smallest absolute Gasteiger partial charge is 0.384 e. The number of hydrogen-bond donors (Lipinski definition) is 1. The standard InChI is InChI=1S/C16H22O5/c1-19-15(18)10-4-2-3-8-14(17)9-7-13-21-16-11-5-6-12-20-16/h14,16-17H,2-3,5-6,8,11-13H2,1H3. The summed E-state index contributed by atoms with van der Waals surface area (Å²) in [5, 5.41) is 9.64. The van der Waals surface area contributed by atoms with E-state index in [0.717, 1.165) is 25.9 Å². The Morgan fingerprint density at radius 2 is 2.29 bits per heavy atom. The van der Waals surface area contributed by atoms with E-state index in [0.29, 0.717) is 19.3 Å². The molecule has 1 rings (SSSR count). The van der Waals surface area contributed by atoms with Gasteiger partial charge in [0.2, 0.25) is 0 Å². The monoisotopic (exact) mass is 294 g/mol. The summed E-state index contributed by atoms with van der Waals surface area (Å²) < 4.78 is 15.2. The maximum absolute atomic E-state index is 10.7. The van der Waals surface area contributed by atoms with Crippen LogP contribution in [0.5, 0.6) is 0 Å². The molecule has 0 bridgehead atoms. The van der Waals surface area contributed by atoms with Crippen molar-refractivity contribution in [3.05, 3.63) is 0 Å². The van der Waals surface area contributed by atoms with Crippen LogP contribution < -0.4 is 0 Å². The summed E-state index contributed by atoms with van der Waals surface area (Å²) in [7, 11) is 1.29. The van der Waals surface area contributed by atoms with Crippen LogP contribution in [0.25, 0.3) is 0 Å². The van der Waals surface area contributed by atoms with E-state index in [2.05, 4.69) is 28.4 Å². The third kappa shape index (κ3) is 9.10. The summed E-state index contributed by atoms with van der Waals surface area (Å²) in [6.07, 6.45) is 3.98. The van der Waals surface area contributed by atoms with Gasteiger partial charge in [0, 0.05) is 18.9 Å². The minimum absolute atomic E-state index is 0.154. The van der Waals surface area contributed by atoms with Gasteiger partial charge in [-0.25, -0.2) is 4.79 Å². The van der Waals surface area contributed by atoms with Gasteiger partial charge < -0.3 is 19.3 Å². The lowest BCUT2D eigenvalue weighted by atomic mass is 10.1. The van der Waals surface area contributed by atoms with Gasteiger partial charge in [-0.05, 0) is 32.1 Å². The van der Waals surface area contributed by atoms with Crippen LogP contribution in [0.4, 0.5) is 0 Å². The number of rotatable bonds is 5. The lowest BCUT2D eigenvalue weighted by Gasteiger charge is -2.21. The molecule has 1 aliphatic heterocycles. The average molecular weight is 294 g/mol. The molecule has 0 spiro atoms. The summed E-state index contributed by atoms with van der Waals surface area (Å²) in [6.45, 7) is 1.01. The molecule has 0 aromatic carbocycles. The van der Waals surface area contributed by atoms with Crippen molar-refractivity contribution in [3.8, 4) is 23.7 Å². The molecule has 0 radical (unpaired) electrons. The molecule has 5 heteroatoms. The molecule has 5 nitrogen and oxygen atoms in total. The molecule has 21 heavy (non-hydrogen) atoms. The van der Waals surface area contributed by atoms with E-state index < -0.39 is 12.1 Å². The first-order valence-electron chi connectivity index (χ1n) is 7.19. The molecule has 2 unspecified atom stereocenters. The average Bonchev–Trinajstić information content (AvgIpc) is 2.52. The molecule has 116 valence electrons. The minimum Gasteiger partial charge on any atom is -0.459 e. The van der Waals surface area contributed by atoms with Crippen molar-refractivity contribution in [2.75, 3.05) is 20.3 Å². The van der Waals surface area contributed by atoms with E-state index in [1.54, 1.807) is 0 Å². The molecule has 0 aliphatic carbocycles. The van der Waals surface area contributed by atoms with Crippen LogP contribution in [0.3, 0.4) is 0 Å². The maximum atomic E-state index is 10.7. The number of methoxy groups -OCH3 is 1. The second-order valence-electron chi connectivity index (χ2n) is 4.63. The quantitative estimate of drug-likeness (QED) is 0.358. The first-order chi connectivity index (χ1) is 10.2. The second kappa shape index (κ2) is 11.2. The highest BCUT2D eigenvalue weighted by Crippen LogP contribution is 2.13. The van der Waals surface area contributed by atoms with Gasteiger partial charge in [0.25, 0.3) is 0 Å². The highest BCUT2D eigenvalue weighted by atomic mass is 16.7. The number of hydrogen-bond acceptors (Lipinski definition) is 5. The van der Waals surface area contributed by atoms with Crippen molar-refractivity contribution in [1.82, 2.24) is 0 Å². The number of esters is 1. The van der Waals surface area contributed by atoms with E-state index in [9.17, 15) is 9.90 Å². The fourth-order valence-electron chi connectivity index (χ4n) is 1.78. The van der Waals surface area contributed by atoms with Crippen molar-refractivity contribution in [2.24, 2.45) is 0 Å². The Morgan fingerprint density at radius 1 is 1.43 bits per heavy atom. The zero-order chi connectivity index (χ0) is 15.3. The number of carbonyl (C=O) groups is 1. The van der Waals surface area contributed by atoms with Crippen molar-refractivity contribution < 1.29 is 24.1 Å². The Kier molecular flexibility index (Phi) is 9.32. The minimum atomic E-state index is -0.694. The Bertz CT molecular complexity index is 417. The molecule has 1 heterocycles. The SMILES string of the molecule is COC(=O)C#CCCCC(O)C#CCOC1CCCCO1.